The van der Waals surface area contributed by atoms with Crippen molar-refractivity contribution in [3.05, 3.63) is 0 Å². The molecule has 0 spiro atoms. The molecule has 1 fully saturated rings. The number of carboxylic acids is 2. The molecule has 0 radical (unpaired) electrons. The predicted octanol–water partition coefficient (Wildman–Crippen LogP) is -0.546. The zero-order valence-corrected chi connectivity index (χ0v) is 18.4. The van der Waals surface area contributed by atoms with Crippen LogP contribution in [0, 0.1) is 11.8 Å². The van der Waals surface area contributed by atoms with Gasteiger partial charge in [-0.05, 0) is 31.2 Å². The number of amides is 3. The molecule has 0 aromatic rings. The summed E-state index contributed by atoms with van der Waals surface area (Å²) in [6, 6.07) is -3.96. The summed E-state index contributed by atoms with van der Waals surface area (Å²) in [4.78, 5) is 60.2. The summed E-state index contributed by atoms with van der Waals surface area (Å²) in [7, 11) is 0. The number of aliphatic carboxylic acids is 2. The van der Waals surface area contributed by atoms with Gasteiger partial charge in [-0.3, -0.25) is 19.2 Å². The molecule has 3 amide bonds. The van der Waals surface area contributed by atoms with Gasteiger partial charge in [-0.1, -0.05) is 34.1 Å². The minimum atomic E-state index is -1.62. The van der Waals surface area contributed by atoms with Crippen LogP contribution >= 0.6 is 0 Å². The Bertz CT molecular complexity index is 676. The van der Waals surface area contributed by atoms with Crippen molar-refractivity contribution in [1.82, 2.24) is 21.3 Å². The first-order valence-electron chi connectivity index (χ1n) is 10.6. The molecular formula is C20H34N4O7. The molecule has 5 atom stereocenters. The van der Waals surface area contributed by atoms with Gasteiger partial charge in [0.2, 0.25) is 17.7 Å². The molecule has 11 heteroatoms. The monoisotopic (exact) mass is 442 g/mol. The Morgan fingerprint density at radius 1 is 0.968 bits per heavy atom. The summed E-state index contributed by atoms with van der Waals surface area (Å²) in [5, 5.41) is 28.6. The summed E-state index contributed by atoms with van der Waals surface area (Å²) >= 11 is 0. The molecular weight excluding hydrogens is 408 g/mol. The molecule has 1 aliphatic rings. The van der Waals surface area contributed by atoms with Crippen molar-refractivity contribution in [2.24, 2.45) is 11.8 Å². The summed E-state index contributed by atoms with van der Waals surface area (Å²) in [5.41, 5.74) is 0. The van der Waals surface area contributed by atoms with E-state index < -0.39 is 54.2 Å². The molecule has 0 bridgehead atoms. The van der Waals surface area contributed by atoms with Crippen LogP contribution in [-0.2, 0) is 24.0 Å². The lowest BCUT2D eigenvalue weighted by Crippen LogP contribution is -2.59. The number of hydrogen-bond acceptors (Lipinski definition) is 6. The van der Waals surface area contributed by atoms with E-state index in [0.29, 0.717) is 12.8 Å². The van der Waals surface area contributed by atoms with Gasteiger partial charge in [0.1, 0.15) is 18.1 Å². The molecule has 0 aliphatic carbocycles. The number of carbonyl (C=O) groups excluding carboxylic acids is 3. The maximum Gasteiger partial charge on any atom is 0.326 e. The quantitative estimate of drug-likeness (QED) is 0.233. The van der Waals surface area contributed by atoms with Crippen molar-refractivity contribution in [1.29, 1.82) is 0 Å². The second kappa shape index (κ2) is 12.2. The topological polar surface area (TPSA) is 174 Å². The third-order valence-corrected chi connectivity index (χ3v) is 5.41. The van der Waals surface area contributed by atoms with Crippen molar-refractivity contribution in [3.8, 4) is 0 Å². The largest absolute Gasteiger partial charge is 0.481 e. The minimum Gasteiger partial charge on any atom is -0.481 e. The van der Waals surface area contributed by atoms with Gasteiger partial charge in [0.05, 0.1) is 12.5 Å². The lowest BCUT2D eigenvalue weighted by atomic mass is 9.96. The van der Waals surface area contributed by atoms with E-state index in [-0.39, 0.29) is 17.9 Å². The fourth-order valence-corrected chi connectivity index (χ4v) is 3.28. The molecule has 11 nitrogen and oxygen atoms in total. The highest BCUT2D eigenvalue weighted by Gasteiger charge is 2.34. The highest BCUT2D eigenvalue weighted by atomic mass is 16.4. The normalized spacial score (nSPS) is 19.7. The highest BCUT2D eigenvalue weighted by Crippen LogP contribution is 2.12. The van der Waals surface area contributed by atoms with Crippen LogP contribution in [0.25, 0.3) is 0 Å². The minimum absolute atomic E-state index is 0.208. The van der Waals surface area contributed by atoms with Crippen molar-refractivity contribution >= 4 is 29.7 Å². The number of nitrogens with one attached hydrogen (secondary N) is 4. The summed E-state index contributed by atoms with van der Waals surface area (Å²) < 4.78 is 0. The second-order valence-electron chi connectivity index (χ2n) is 8.25. The Hall–Kier alpha value is -2.69. The SMILES string of the molecule is CCC(C)C(NC(=O)C1CCCN1)C(=O)NC(C(=O)NC(CC(=O)O)C(=O)O)C(C)C. The first-order valence-corrected chi connectivity index (χ1v) is 10.6. The van der Waals surface area contributed by atoms with Gasteiger partial charge < -0.3 is 31.5 Å². The third kappa shape index (κ3) is 8.16. The van der Waals surface area contributed by atoms with E-state index in [2.05, 4.69) is 21.3 Å². The van der Waals surface area contributed by atoms with Gasteiger partial charge in [0, 0.05) is 0 Å². The number of hydrogen-bond donors (Lipinski definition) is 6. The van der Waals surface area contributed by atoms with E-state index >= 15 is 0 Å². The van der Waals surface area contributed by atoms with Crippen LogP contribution in [-0.4, -0.2) is 70.6 Å². The van der Waals surface area contributed by atoms with E-state index in [0.717, 1.165) is 13.0 Å². The molecule has 176 valence electrons. The first-order chi connectivity index (χ1) is 14.5. The van der Waals surface area contributed by atoms with Crippen molar-refractivity contribution in [2.45, 2.75) is 77.5 Å². The van der Waals surface area contributed by atoms with Crippen molar-refractivity contribution in [2.75, 3.05) is 6.54 Å². The maximum absolute atomic E-state index is 13.0. The van der Waals surface area contributed by atoms with E-state index in [4.69, 9.17) is 10.2 Å². The first kappa shape index (κ1) is 26.3. The average Bonchev–Trinajstić information content (AvgIpc) is 3.22. The van der Waals surface area contributed by atoms with Crippen molar-refractivity contribution in [3.63, 3.8) is 0 Å². The molecule has 1 heterocycles. The number of carbonyl (C=O) groups is 5. The standard InChI is InChI=1S/C20H34N4O7/c1-5-11(4)16(24-17(27)12-7-6-8-21-12)19(29)23-15(10(2)3)18(28)22-13(20(30)31)9-14(25)26/h10-13,15-16,21H,5-9H2,1-4H3,(H,22,28)(H,23,29)(H,24,27)(H,25,26)(H,30,31). The fourth-order valence-electron chi connectivity index (χ4n) is 3.28. The fraction of sp³-hybridized carbons (Fsp3) is 0.750. The lowest BCUT2D eigenvalue weighted by molar-refractivity contribution is -0.147. The van der Waals surface area contributed by atoms with E-state index in [9.17, 15) is 24.0 Å². The third-order valence-electron chi connectivity index (χ3n) is 5.41. The van der Waals surface area contributed by atoms with Crippen LogP contribution in [0.1, 0.15) is 53.4 Å². The molecule has 0 aromatic carbocycles. The molecule has 31 heavy (non-hydrogen) atoms. The van der Waals surface area contributed by atoms with Gasteiger partial charge in [0.15, 0.2) is 0 Å². The molecule has 1 saturated heterocycles. The Kier molecular flexibility index (Phi) is 10.4. The van der Waals surface area contributed by atoms with Crippen LogP contribution in [0.5, 0.6) is 0 Å². The highest BCUT2D eigenvalue weighted by molar-refractivity contribution is 5.95. The van der Waals surface area contributed by atoms with Crippen LogP contribution in [0.4, 0.5) is 0 Å². The molecule has 1 aliphatic heterocycles. The summed E-state index contributed by atoms with van der Waals surface area (Å²) in [6.07, 6.45) is 1.36. The summed E-state index contributed by atoms with van der Waals surface area (Å²) in [5.74, 6) is -5.12. The van der Waals surface area contributed by atoms with E-state index in [1.807, 2.05) is 13.8 Å². The van der Waals surface area contributed by atoms with Crippen LogP contribution in [0.2, 0.25) is 0 Å². The molecule has 5 unspecified atom stereocenters. The number of carboxylic acid groups (broad SMARTS) is 2. The lowest BCUT2D eigenvalue weighted by Gasteiger charge is -2.29. The predicted molar refractivity (Wildman–Crippen MR) is 111 cm³/mol. The zero-order valence-electron chi connectivity index (χ0n) is 18.4. The van der Waals surface area contributed by atoms with Gasteiger partial charge in [0.25, 0.3) is 0 Å². The average molecular weight is 443 g/mol. The molecule has 1 rings (SSSR count). The van der Waals surface area contributed by atoms with E-state index in [1.54, 1.807) is 13.8 Å². The molecule has 6 N–H and O–H groups in total. The Labute approximate surface area is 181 Å². The van der Waals surface area contributed by atoms with Gasteiger partial charge in [-0.2, -0.15) is 0 Å². The number of rotatable bonds is 12. The Morgan fingerprint density at radius 3 is 2.03 bits per heavy atom. The smallest absolute Gasteiger partial charge is 0.326 e. The Morgan fingerprint density at radius 2 is 1.58 bits per heavy atom. The van der Waals surface area contributed by atoms with Gasteiger partial charge in [-0.25, -0.2) is 4.79 Å². The summed E-state index contributed by atoms with van der Waals surface area (Å²) in [6.45, 7) is 7.74. The van der Waals surface area contributed by atoms with Crippen LogP contribution in [0.3, 0.4) is 0 Å². The second-order valence-corrected chi connectivity index (χ2v) is 8.25. The van der Waals surface area contributed by atoms with Gasteiger partial charge in [-0.15, -0.1) is 0 Å². The molecule has 0 saturated carbocycles. The van der Waals surface area contributed by atoms with Gasteiger partial charge >= 0.3 is 11.9 Å². The molecule has 0 aromatic heterocycles. The van der Waals surface area contributed by atoms with E-state index in [1.165, 1.54) is 0 Å². The van der Waals surface area contributed by atoms with Crippen molar-refractivity contribution < 1.29 is 34.2 Å². The Balaban J connectivity index is 2.91. The van der Waals surface area contributed by atoms with Crippen LogP contribution in [0.15, 0.2) is 0 Å². The van der Waals surface area contributed by atoms with Crippen LogP contribution < -0.4 is 21.3 Å². The maximum atomic E-state index is 13.0. The zero-order chi connectivity index (χ0) is 23.7.